The average Bonchev–Trinajstić information content (AvgIpc) is 2.61. The number of halogens is 1. The fraction of sp³-hybridized carbons (Fsp3) is 0. The first-order valence-electron chi connectivity index (χ1n) is 3.78. The summed E-state index contributed by atoms with van der Waals surface area (Å²) in [7, 11) is 0. The third-order valence-corrected chi connectivity index (χ3v) is 1.96. The fourth-order valence-corrected chi connectivity index (χ4v) is 1.30. The Morgan fingerprint density at radius 3 is 2.77 bits per heavy atom. The molecule has 65 valence electrons. The lowest BCUT2D eigenvalue weighted by atomic mass is 10.1. The number of rotatable bonds is 1. The van der Waals surface area contributed by atoms with E-state index in [1.54, 1.807) is 24.3 Å². The Morgan fingerprint density at radius 1 is 1.23 bits per heavy atom. The smallest absolute Gasteiger partial charge is 0.189 e. The van der Waals surface area contributed by atoms with Crippen LogP contribution in [-0.2, 0) is 5.11 Å². The van der Waals surface area contributed by atoms with Crippen LogP contribution in [0.5, 0.6) is 5.75 Å². The quantitative estimate of drug-likeness (QED) is 0.679. The highest BCUT2D eigenvalue weighted by Crippen LogP contribution is 2.32. The maximum atomic E-state index is 11.4. The van der Waals surface area contributed by atoms with Gasteiger partial charge in [0, 0.05) is 5.02 Å². The largest absolute Gasteiger partial charge is 0.464 e. The zero-order chi connectivity index (χ0) is 9.26. The molecular weight excluding hydrogens is 188 g/mol. The van der Waals surface area contributed by atoms with Crippen LogP contribution in [0.15, 0.2) is 41.0 Å². The normalized spacial score (nSPS) is 10.2. The molecule has 0 fully saturated rings. The summed E-state index contributed by atoms with van der Waals surface area (Å²) in [5.74, 6) is 0.465. The highest BCUT2D eigenvalue weighted by Gasteiger charge is 2.08. The van der Waals surface area contributed by atoms with Gasteiger partial charge in [0.15, 0.2) is 5.75 Å². The molecule has 0 atom stereocenters. The summed E-state index contributed by atoms with van der Waals surface area (Å²) in [4.78, 5) is 0. The summed E-state index contributed by atoms with van der Waals surface area (Å²) in [6.45, 7) is 0. The monoisotopic (exact) mass is 193 g/mol. The van der Waals surface area contributed by atoms with Crippen LogP contribution in [0, 0.1) is 0 Å². The van der Waals surface area contributed by atoms with Gasteiger partial charge in [-0.25, -0.2) is 0 Å². The molecule has 0 aliphatic heterocycles. The fourth-order valence-electron chi connectivity index (χ4n) is 1.13. The molecule has 1 radical (unpaired) electrons. The summed E-state index contributed by atoms with van der Waals surface area (Å²) < 4.78 is 5.10. The molecule has 0 amide bonds. The van der Waals surface area contributed by atoms with Crippen molar-refractivity contribution in [3.63, 3.8) is 0 Å². The predicted molar refractivity (Wildman–Crippen MR) is 49.3 cm³/mol. The second-order valence-corrected chi connectivity index (χ2v) is 3.05. The summed E-state index contributed by atoms with van der Waals surface area (Å²) in [5, 5.41) is 11.9. The highest BCUT2D eigenvalue weighted by atomic mass is 35.5. The zero-order valence-electron chi connectivity index (χ0n) is 6.66. The number of benzene rings is 1. The van der Waals surface area contributed by atoms with E-state index in [-0.39, 0.29) is 5.75 Å². The molecule has 0 unspecified atom stereocenters. The molecule has 2 nitrogen and oxygen atoms in total. The van der Waals surface area contributed by atoms with Crippen molar-refractivity contribution in [2.75, 3.05) is 0 Å². The van der Waals surface area contributed by atoms with Crippen molar-refractivity contribution in [2.45, 2.75) is 0 Å². The van der Waals surface area contributed by atoms with Crippen LogP contribution < -0.4 is 0 Å². The Labute approximate surface area is 80.4 Å². The molecule has 0 N–H and O–H groups in total. The van der Waals surface area contributed by atoms with Crippen molar-refractivity contribution in [1.82, 2.24) is 0 Å². The van der Waals surface area contributed by atoms with Crippen LogP contribution in [0.2, 0.25) is 5.02 Å². The van der Waals surface area contributed by atoms with Crippen LogP contribution >= 0.6 is 11.6 Å². The van der Waals surface area contributed by atoms with Gasteiger partial charge in [-0.05, 0) is 30.3 Å². The van der Waals surface area contributed by atoms with Gasteiger partial charge in [-0.1, -0.05) is 11.6 Å². The summed E-state index contributed by atoms with van der Waals surface area (Å²) in [6.07, 6.45) is 1.52. The topological polar surface area (TPSA) is 33.0 Å². The molecule has 0 bridgehead atoms. The van der Waals surface area contributed by atoms with Gasteiger partial charge in [0.2, 0.25) is 0 Å². The molecular formula is C10H6ClO2. The first kappa shape index (κ1) is 8.20. The van der Waals surface area contributed by atoms with Gasteiger partial charge in [0.05, 0.1) is 11.8 Å². The van der Waals surface area contributed by atoms with E-state index in [4.69, 9.17) is 16.0 Å². The summed E-state index contributed by atoms with van der Waals surface area (Å²) in [6, 6.07) is 8.06. The molecule has 2 aromatic rings. The molecule has 3 heteroatoms. The molecule has 13 heavy (non-hydrogen) atoms. The van der Waals surface area contributed by atoms with E-state index >= 15 is 0 Å². The second-order valence-electron chi connectivity index (χ2n) is 2.62. The number of furan rings is 1. The Hall–Kier alpha value is -1.41. The highest BCUT2D eigenvalue weighted by molar-refractivity contribution is 6.30. The summed E-state index contributed by atoms with van der Waals surface area (Å²) >= 11 is 5.75. The summed E-state index contributed by atoms with van der Waals surface area (Å²) in [5.41, 5.74) is 0.498. The molecule has 0 saturated carbocycles. The van der Waals surface area contributed by atoms with Crippen molar-refractivity contribution < 1.29 is 9.52 Å². The lowest BCUT2D eigenvalue weighted by Crippen LogP contribution is -1.74. The number of hydrogen-bond acceptors (Lipinski definition) is 1. The minimum absolute atomic E-state index is 0.0839. The molecule has 1 heterocycles. The maximum absolute atomic E-state index is 11.4. The van der Waals surface area contributed by atoms with E-state index in [0.717, 1.165) is 0 Å². The van der Waals surface area contributed by atoms with E-state index in [0.29, 0.717) is 16.3 Å². The average molecular weight is 194 g/mol. The Kier molecular flexibility index (Phi) is 1.99. The lowest BCUT2D eigenvalue weighted by molar-refractivity contribution is 0.355. The van der Waals surface area contributed by atoms with Gasteiger partial charge in [-0.15, -0.1) is 0 Å². The zero-order valence-corrected chi connectivity index (χ0v) is 7.41. The van der Waals surface area contributed by atoms with Crippen molar-refractivity contribution in [3.05, 3.63) is 41.6 Å². The van der Waals surface area contributed by atoms with E-state index < -0.39 is 0 Å². The van der Waals surface area contributed by atoms with Crippen LogP contribution in [0.3, 0.4) is 0 Å². The first-order chi connectivity index (χ1) is 6.27. The first-order valence-corrected chi connectivity index (χ1v) is 4.15. The van der Waals surface area contributed by atoms with Crippen molar-refractivity contribution in [1.29, 1.82) is 0 Å². The van der Waals surface area contributed by atoms with Crippen LogP contribution in [-0.4, -0.2) is 0 Å². The SMILES string of the molecule is [O]c1ccc(Cl)cc1-c1ccco1. The molecule has 2 rings (SSSR count). The minimum Gasteiger partial charge on any atom is -0.464 e. The van der Waals surface area contributed by atoms with Gasteiger partial charge in [-0.2, -0.15) is 0 Å². The van der Waals surface area contributed by atoms with E-state index in [1.165, 1.54) is 12.3 Å². The third-order valence-electron chi connectivity index (χ3n) is 1.73. The molecule has 1 aromatic carbocycles. The maximum Gasteiger partial charge on any atom is 0.189 e. The van der Waals surface area contributed by atoms with Crippen LogP contribution in [0.25, 0.3) is 11.3 Å². The van der Waals surface area contributed by atoms with Gasteiger partial charge >= 0.3 is 0 Å². The van der Waals surface area contributed by atoms with E-state index in [2.05, 4.69) is 0 Å². The van der Waals surface area contributed by atoms with E-state index in [9.17, 15) is 5.11 Å². The lowest BCUT2D eigenvalue weighted by Gasteiger charge is -1.98. The second kappa shape index (κ2) is 3.15. The minimum atomic E-state index is -0.0839. The third kappa shape index (κ3) is 1.53. The van der Waals surface area contributed by atoms with Crippen molar-refractivity contribution in [3.8, 4) is 17.1 Å². The van der Waals surface area contributed by atoms with Gasteiger partial charge < -0.3 is 4.42 Å². The Bertz CT molecular complexity index is 407. The van der Waals surface area contributed by atoms with Crippen molar-refractivity contribution >= 4 is 11.6 Å². The van der Waals surface area contributed by atoms with Crippen LogP contribution in [0.1, 0.15) is 0 Å². The van der Waals surface area contributed by atoms with Crippen molar-refractivity contribution in [2.24, 2.45) is 0 Å². The van der Waals surface area contributed by atoms with Gasteiger partial charge in [-0.3, -0.25) is 5.11 Å². The van der Waals surface area contributed by atoms with Gasteiger partial charge in [0.25, 0.3) is 0 Å². The molecule has 1 aromatic heterocycles. The number of hydrogen-bond donors (Lipinski definition) is 0. The standard InChI is InChI=1S/C10H6ClO2/c11-7-3-4-9(12)8(6-7)10-2-1-5-13-10/h1-6H. The molecule has 0 spiro atoms. The molecule has 0 aliphatic carbocycles. The van der Waals surface area contributed by atoms with E-state index in [1.807, 2.05) is 0 Å². The Balaban J connectivity index is 2.57. The predicted octanol–water partition coefficient (Wildman–Crippen LogP) is 3.74. The van der Waals surface area contributed by atoms with Gasteiger partial charge in [0.1, 0.15) is 5.76 Å². The molecule has 0 saturated heterocycles. The van der Waals surface area contributed by atoms with Crippen LogP contribution in [0.4, 0.5) is 0 Å². The Morgan fingerprint density at radius 2 is 2.08 bits per heavy atom. The molecule has 0 aliphatic rings.